The Kier molecular flexibility index (Phi) is 6.66. The van der Waals surface area contributed by atoms with Gasteiger partial charge in [0.25, 0.3) is 0 Å². The third-order valence-electron chi connectivity index (χ3n) is 3.82. The van der Waals surface area contributed by atoms with Crippen LogP contribution >= 0.6 is 11.8 Å². The highest BCUT2D eigenvalue weighted by Gasteiger charge is 2.14. The summed E-state index contributed by atoms with van der Waals surface area (Å²) < 4.78 is 7.68. The van der Waals surface area contributed by atoms with E-state index >= 15 is 0 Å². The first-order valence-corrected chi connectivity index (χ1v) is 9.02. The summed E-state index contributed by atoms with van der Waals surface area (Å²) in [6, 6.07) is 7.86. The normalized spacial score (nSPS) is 10.7. The van der Waals surface area contributed by atoms with Gasteiger partial charge in [-0.15, -0.1) is 10.2 Å². The average molecular weight is 348 g/mol. The van der Waals surface area contributed by atoms with Crippen molar-refractivity contribution in [3.05, 3.63) is 35.7 Å². The topological polar surface area (TPSA) is 60.3 Å². The zero-order chi connectivity index (χ0) is 17.5. The Hall–Kier alpha value is -2.02. The van der Waals surface area contributed by atoms with Crippen molar-refractivity contribution in [3.8, 4) is 5.75 Å². The zero-order valence-electron chi connectivity index (χ0n) is 14.7. The molecular formula is C17H24N4O2S. The van der Waals surface area contributed by atoms with Gasteiger partial charge < -0.3 is 14.2 Å². The van der Waals surface area contributed by atoms with E-state index in [4.69, 9.17) is 4.74 Å². The van der Waals surface area contributed by atoms with Crippen LogP contribution in [0.15, 0.2) is 29.4 Å². The molecular weight excluding hydrogens is 324 g/mol. The second-order valence-electron chi connectivity index (χ2n) is 5.37. The van der Waals surface area contributed by atoms with E-state index in [1.807, 2.05) is 61.6 Å². The molecule has 0 aliphatic rings. The summed E-state index contributed by atoms with van der Waals surface area (Å²) in [5.74, 6) is 2.06. The fourth-order valence-electron chi connectivity index (χ4n) is 2.25. The fourth-order valence-corrected chi connectivity index (χ4v) is 3.08. The summed E-state index contributed by atoms with van der Waals surface area (Å²) in [6.07, 6.45) is 0. The number of para-hydroxylation sites is 1. The van der Waals surface area contributed by atoms with Gasteiger partial charge >= 0.3 is 0 Å². The number of ether oxygens (including phenoxy) is 1. The predicted molar refractivity (Wildman–Crippen MR) is 95.2 cm³/mol. The minimum Gasteiger partial charge on any atom is -0.485 e. The van der Waals surface area contributed by atoms with Gasteiger partial charge in [0.05, 0.1) is 5.75 Å². The summed E-state index contributed by atoms with van der Waals surface area (Å²) in [5.41, 5.74) is 1.08. The lowest BCUT2D eigenvalue weighted by atomic mass is 10.2. The summed E-state index contributed by atoms with van der Waals surface area (Å²) in [7, 11) is 1.89. The molecule has 7 heteroatoms. The van der Waals surface area contributed by atoms with Crippen molar-refractivity contribution in [2.45, 2.75) is 32.5 Å². The molecule has 0 aliphatic carbocycles. The van der Waals surface area contributed by atoms with Crippen LogP contribution in [0.2, 0.25) is 0 Å². The maximum absolute atomic E-state index is 12.1. The van der Waals surface area contributed by atoms with Gasteiger partial charge in [0.1, 0.15) is 12.4 Å². The lowest BCUT2D eigenvalue weighted by Crippen LogP contribution is -2.31. The summed E-state index contributed by atoms with van der Waals surface area (Å²) in [5, 5.41) is 9.05. The first kappa shape index (κ1) is 18.3. The minimum absolute atomic E-state index is 0.116. The Bertz CT molecular complexity index is 683. The molecule has 0 atom stereocenters. The smallest absolute Gasteiger partial charge is 0.233 e. The number of carbonyl (C=O) groups is 1. The van der Waals surface area contributed by atoms with E-state index in [1.165, 1.54) is 11.8 Å². The van der Waals surface area contributed by atoms with Gasteiger partial charge in [-0.3, -0.25) is 4.79 Å². The Morgan fingerprint density at radius 3 is 2.62 bits per heavy atom. The van der Waals surface area contributed by atoms with E-state index < -0.39 is 0 Å². The maximum Gasteiger partial charge on any atom is 0.233 e. The number of carbonyl (C=O) groups excluding carboxylic acids is 1. The van der Waals surface area contributed by atoms with Crippen LogP contribution in [0, 0.1) is 6.92 Å². The molecule has 130 valence electrons. The molecule has 1 amide bonds. The molecule has 2 rings (SSSR count). The van der Waals surface area contributed by atoms with Crippen LogP contribution < -0.4 is 4.74 Å². The van der Waals surface area contributed by atoms with Gasteiger partial charge in [-0.05, 0) is 32.4 Å². The SMILES string of the molecule is CCN(CC)C(=O)CSc1nnc(COc2ccccc2C)n1C. The molecule has 0 aliphatic heterocycles. The fraction of sp³-hybridized carbons (Fsp3) is 0.471. The van der Waals surface area contributed by atoms with Crippen LogP contribution in [-0.4, -0.2) is 44.4 Å². The van der Waals surface area contributed by atoms with Crippen LogP contribution in [0.25, 0.3) is 0 Å². The lowest BCUT2D eigenvalue weighted by Gasteiger charge is -2.17. The molecule has 1 heterocycles. The molecule has 6 nitrogen and oxygen atoms in total. The van der Waals surface area contributed by atoms with E-state index in [9.17, 15) is 4.79 Å². The Morgan fingerprint density at radius 1 is 1.25 bits per heavy atom. The largest absolute Gasteiger partial charge is 0.485 e. The van der Waals surface area contributed by atoms with Crippen LogP contribution in [-0.2, 0) is 18.4 Å². The molecule has 0 spiro atoms. The molecule has 0 fully saturated rings. The van der Waals surface area contributed by atoms with E-state index in [-0.39, 0.29) is 5.91 Å². The molecule has 0 unspecified atom stereocenters. The molecule has 2 aromatic rings. The highest BCUT2D eigenvalue weighted by Crippen LogP contribution is 2.20. The molecule has 1 aromatic heterocycles. The average Bonchev–Trinajstić information content (AvgIpc) is 2.93. The first-order chi connectivity index (χ1) is 11.6. The highest BCUT2D eigenvalue weighted by molar-refractivity contribution is 7.99. The number of benzene rings is 1. The molecule has 1 aromatic carbocycles. The Balaban J connectivity index is 1.93. The van der Waals surface area contributed by atoms with Crippen LogP contribution in [0.5, 0.6) is 5.75 Å². The van der Waals surface area contributed by atoms with Crippen LogP contribution in [0.4, 0.5) is 0 Å². The molecule has 0 radical (unpaired) electrons. The highest BCUT2D eigenvalue weighted by atomic mass is 32.2. The second kappa shape index (κ2) is 8.73. The van der Waals surface area contributed by atoms with Gasteiger partial charge in [0.15, 0.2) is 11.0 Å². The van der Waals surface area contributed by atoms with Crippen LogP contribution in [0.3, 0.4) is 0 Å². The maximum atomic E-state index is 12.1. The van der Waals surface area contributed by atoms with Crippen molar-refractivity contribution < 1.29 is 9.53 Å². The Morgan fingerprint density at radius 2 is 1.96 bits per heavy atom. The van der Waals surface area contributed by atoms with Crippen LogP contribution in [0.1, 0.15) is 25.2 Å². The summed E-state index contributed by atoms with van der Waals surface area (Å²) in [6.45, 7) is 7.77. The van der Waals surface area contributed by atoms with Gasteiger partial charge in [-0.1, -0.05) is 30.0 Å². The predicted octanol–water partition coefficient (Wildman–Crippen LogP) is 2.66. The minimum atomic E-state index is 0.116. The van der Waals surface area contributed by atoms with Crippen molar-refractivity contribution in [1.29, 1.82) is 0 Å². The summed E-state index contributed by atoms with van der Waals surface area (Å²) in [4.78, 5) is 13.9. The van der Waals surface area contributed by atoms with Gasteiger partial charge in [0.2, 0.25) is 5.91 Å². The van der Waals surface area contributed by atoms with E-state index in [0.717, 1.165) is 35.4 Å². The third-order valence-corrected chi connectivity index (χ3v) is 4.82. The number of hydrogen-bond acceptors (Lipinski definition) is 5. The zero-order valence-corrected chi connectivity index (χ0v) is 15.5. The molecule has 24 heavy (non-hydrogen) atoms. The number of aryl methyl sites for hydroxylation is 1. The van der Waals surface area contributed by atoms with Crippen molar-refractivity contribution >= 4 is 17.7 Å². The molecule has 0 saturated carbocycles. The van der Waals surface area contributed by atoms with E-state index in [2.05, 4.69) is 10.2 Å². The number of thioether (sulfide) groups is 1. The third kappa shape index (κ3) is 4.50. The first-order valence-electron chi connectivity index (χ1n) is 8.04. The molecule has 0 N–H and O–H groups in total. The van der Waals surface area contributed by atoms with E-state index in [1.54, 1.807) is 0 Å². The van der Waals surface area contributed by atoms with Crippen molar-refractivity contribution in [3.63, 3.8) is 0 Å². The van der Waals surface area contributed by atoms with Gasteiger partial charge in [-0.25, -0.2) is 0 Å². The monoisotopic (exact) mass is 348 g/mol. The second-order valence-corrected chi connectivity index (χ2v) is 6.31. The quantitative estimate of drug-likeness (QED) is 0.687. The van der Waals surface area contributed by atoms with E-state index in [0.29, 0.717) is 12.4 Å². The van der Waals surface area contributed by atoms with Gasteiger partial charge in [0, 0.05) is 20.1 Å². The van der Waals surface area contributed by atoms with Crippen molar-refractivity contribution in [2.75, 3.05) is 18.8 Å². The number of amides is 1. The number of aromatic nitrogens is 3. The van der Waals surface area contributed by atoms with Crippen molar-refractivity contribution in [2.24, 2.45) is 7.05 Å². The van der Waals surface area contributed by atoms with Gasteiger partial charge in [-0.2, -0.15) is 0 Å². The standard InChI is InChI=1S/C17H24N4O2S/c1-5-21(6-2)16(22)12-24-17-19-18-15(20(17)4)11-23-14-10-8-7-9-13(14)3/h7-10H,5-6,11-12H2,1-4H3. The van der Waals surface area contributed by atoms with Crippen molar-refractivity contribution in [1.82, 2.24) is 19.7 Å². The number of nitrogens with zero attached hydrogens (tertiary/aromatic N) is 4. The summed E-state index contributed by atoms with van der Waals surface area (Å²) >= 11 is 1.40. The Labute approximate surface area is 147 Å². The number of hydrogen-bond donors (Lipinski definition) is 0. The lowest BCUT2D eigenvalue weighted by molar-refractivity contribution is -0.127. The molecule has 0 saturated heterocycles. The number of rotatable bonds is 8. The molecule has 0 bridgehead atoms.